The Labute approximate surface area is 121 Å². The maximum atomic E-state index is 11.9. The number of benzene rings is 1. The second-order valence-corrected chi connectivity index (χ2v) is 5.95. The maximum Gasteiger partial charge on any atom is 0.251 e. The van der Waals surface area contributed by atoms with Gasteiger partial charge in [-0.1, -0.05) is 17.7 Å². The van der Waals surface area contributed by atoms with Crippen LogP contribution in [0.2, 0.25) is 0 Å². The molecule has 1 aromatic heterocycles. The second-order valence-electron chi connectivity index (χ2n) is 4.63. The first kappa shape index (κ1) is 14.4. The Morgan fingerprint density at radius 1 is 1.30 bits per heavy atom. The molecule has 20 heavy (non-hydrogen) atoms. The number of aryl methyl sites for hydroxylation is 2. The summed E-state index contributed by atoms with van der Waals surface area (Å²) < 4.78 is 0. The van der Waals surface area contributed by atoms with E-state index in [1.54, 1.807) is 18.3 Å². The minimum Gasteiger partial charge on any atom is -0.345 e. The normalized spacial score (nSPS) is 10.3. The molecule has 1 N–H and O–H groups in total. The van der Waals surface area contributed by atoms with Crippen molar-refractivity contribution in [3.8, 4) is 0 Å². The van der Waals surface area contributed by atoms with Crippen molar-refractivity contribution in [2.75, 3.05) is 6.54 Å². The number of rotatable bonds is 5. The number of nitrogens with one attached hydrogen (secondary N) is 1. The summed E-state index contributed by atoms with van der Waals surface area (Å²) in [7, 11) is 0. The summed E-state index contributed by atoms with van der Waals surface area (Å²) in [6.45, 7) is 3.91. The van der Waals surface area contributed by atoms with Gasteiger partial charge in [-0.15, -0.1) is 11.3 Å². The van der Waals surface area contributed by atoms with Crippen LogP contribution in [0.3, 0.4) is 0 Å². The fraction of sp³-hybridized carbons (Fsp3) is 0.267. The van der Waals surface area contributed by atoms with E-state index in [1.807, 2.05) is 26.0 Å². The topological polar surface area (TPSA) is 59.1 Å². The number of thiazole rings is 1. The number of amides is 1. The monoisotopic (exact) mass is 288 g/mol. The summed E-state index contributed by atoms with van der Waals surface area (Å²) in [5.41, 5.74) is 1.59. The van der Waals surface area contributed by atoms with Crippen LogP contribution in [-0.4, -0.2) is 23.2 Å². The van der Waals surface area contributed by atoms with E-state index in [9.17, 15) is 9.59 Å². The molecule has 0 bridgehead atoms. The summed E-state index contributed by atoms with van der Waals surface area (Å²) in [4.78, 5) is 28.9. The number of hydrogen-bond acceptors (Lipinski definition) is 4. The third-order valence-corrected chi connectivity index (χ3v) is 3.66. The van der Waals surface area contributed by atoms with Gasteiger partial charge in [0.15, 0.2) is 5.78 Å². The third kappa shape index (κ3) is 3.99. The number of hydrogen-bond donors (Lipinski definition) is 1. The van der Waals surface area contributed by atoms with Gasteiger partial charge in [0.1, 0.15) is 5.01 Å². The van der Waals surface area contributed by atoms with E-state index in [0.717, 1.165) is 15.4 Å². The number of Topliss-reactive ketones (excluding diaryl/α,β-unsaturated/α-hetero) is 1. The molecule has 5 heteroatoms. The average molecular weight is 288 g/mol. The van der Waals surface area contributed by atoms with Gasteiger partial charge in [-0.25, -0.2) is 4.98 Å². The lowest BCUT2D eigenvalue weighted by Gasteiger charge is -2.04. The van der Waals surface area contributed by atoms with Gasteiger partial charge in [0.2, 0.25) is 0 Å². The zero-order valence-electron chi connectivity index (χ0n) is 11.5. The highest BCUT2D eigenvalue weighted by Crippen LogP contribution is 2.11. The molecule has 4 nitrogen and oxygen atoms in total. The summed E-state index contributed by atoms with van der Waals surface area (Å²) in [6, 6.07) is 7.28. The Hall–Kier alpha value is -2.01. The number of carbonyl (C=O) groups is 2. The van der Waals surface area contributed by atoms with Gasteiger partial charge >= 0.3 is 0 Å². The van der Waals surface area contributed by atoms with E-state index in [0.29, 0.717) is 5.56 Å². The van der Waals surface area contributed by atoms with E-state index in [-0.39, 0.29) is 24.7 Å². The number of ketones is 1. The molecule has 0 saturated heterocycles. The smallest absolute Gasteiger partial charge is 0.251 e. The van der Waals surface area contributed by atoms with Gasteiger partial charge in [0, 0.05) is 16.6 Å². The highest BCUT2D eigenvalue weighted by molar-refractivity contribution is 7.11. The Bertz CT molecular complexity index is 634. The van der Waals surface area contributed by atoms with Gasteiger partial charge in [-0.3, -0.25) is 9.59 Å². The van der Waals surface area contributed by atoms with Crippen LogP contribution in [0.25, 0.3) is 0 Å². The van der Waals surface area contributed by atoms with Crippen LogP contribution in [0.15, 0.2) is 30.5 Å². The van der Waals surface area contributed by atoms with Crippen LogP contribution in [0.5, 0.6) is 0 Å². The molecule has 1 amide bonds. The Morgan fingerprint density at radius 3 is 2.75 bits per heavy atom. The zero-order valence-corrected chi connectivity index (χ0v) is 12.3. The third-order valence-electron chi connectivity index (χ3n) is 2.74. The zero-order chi connectivity index (χ0) is 14.5. The molecule has 0 radical (unpaired) electrons. The van der Waals surface area contributed by atoms with Crippen LogP contribution in [-0.2, 0) is 11.2 Å². The van der Waals surface area contributed by atoms with Crippen LogP contribution < -0.4 is 5.32 Å². The van der Waals surface area contributed by atoms with E-state index < -0.39 is 0 Å². The van der Waals surface area contributed by atoms with Crippen LogP contribution in [0.1, 0.15) is 25.8 Å². The standard InChI is InChI=1S/C15H16N2O2S/c1-10-4-3-5-12(6-10)15(19)17-9-13(18)7-14-16-8-11(2)20-14/h3-6,8H,7,9H2,1-2H3,(H,17,19). The first-order chi connectivity index (χ1) is 9.54. The predicted octanol–water partition coefficient (Wildman–Crippen LogP) is 2.30. The molecule has 1 aromatic carbocycles. The molecule has 0 spiro atoms. The van der Waals surface area contributed by atoms with Gasteiger partial charge in [-0.05, 0) is 26.0 Å². The van der Waals surface area contributed by atoms with Crippen molar-refractivity contribution in [2.24, 2.45) is 0 Å². The Kier molecular flexibility index (Phi) is 4.63. The Balaban J connectivity index is 1.85. The lowest BCUT2D eigenvalue weighted by atomic mass is 10.1. The summed E-state index contributed by atoms with van der Waals surface area (Å²) in [5.74, 6) is -0.266. The van der Waals surface area contributed by atoms with Crippen molar-refractivity contribution in [2.45, 2.75) is 20.3 Å². The SMILES string of the molecule is Cc1cccc(C(=O)NCC(=O)Cc2ncc(C)s2)c1. The fourth-order valence-corrected chi connectivity index (χ4v) is 2.60. The van der Waals surface area contributed by atoms with E-state index in [2.05, 4.69) is 10.3 Å². The predicted molar refractivity (Wildman–Crippen MR) is 79.1 cm³/mol. The fourth-order valence-electron chi connectivity index (χ4n) is 1.78. The molecule has 0 aliphatic rings. The van der Waals surface area contributed by atoms with Crippen LogP contribution in [0, 0.1) is 13.8 Å². The molecule has 0 fully saturated rings. The molecular weight excluding hydrogens is 272 g/mol. The molecular formula is C15H16N2O2S. The van der Waals surface area contributed by atoms with E-state index in [4.69, 9.17) is 0 Å². The minimum absolute atomic E-state index is 0.0331. The minimum atomic E-state index is -0.225. The Morgan fingerprint density at radius 2 is 2.10 bits per heavy atom. The summed E-state index contributed by atoms with van der Waals surface area (Å²) in [6.07, 6.45) is 2.02. The molecule has 2 rings (SSSR count). The molecule has 2 aromatic rings. The van der Waals surface area contributed by atoms with Gasteiger partial charge < -0.3 is 5.32 Å². The lowest BCUT2D eigenvalue weighted by molar-refractivity contribution is -0.117. The van der Waals surface area contributed by atoms with Crippen molar-refractivity contribution >= 4 is 23.0 Å². The summed E-state index contributed by atoms with van der Waals surface area (Å²) in [5, 5.41) is 3.43. The average Bonchev–Trinajstić information content (AvgIpc) is 2.81. The summed E-state index contributed by atoms with van der Waals surface area (Å²) >= 11 is 1.50. The molecule has 1 heterocycles. The second kappa shape index (κ2) is 6.43. The van der Waals surface area contributed by atoms with Gasteiger partial charge in [-0.2, -0.15) is 0 Å². The number of carbonyl (C=O) groups excluding carboxylic acids is 2. The van der Waals surface area contributed by atoms with E-state index in [1.165, 1.54) is 11.3 Å². The molecule has 0 aliphatic heterocycles. The molecule has 0 aliphatic carbocycles. The van der Waals surface area contributed by atoms with Crippen molar-refractivity contribution in [1.82, 2.24) is 10.3 Å². The largest absolute Gasteiger partial charge is 0.345 e. The molecule has 0 saturated carbocycles. The molecule has 104 valence electrons. The van der Waals surface area contributed by atoms with Crippen molar-refractivity contribution in [1.29, 1.82) is 0 Å². The van der Waals surface area contributed by atoms with Crippen LogP contribution in [0.4, 0.5) is 0 Å². The van der Waals surface area contributed by atoms with Gasteiger partial charge in [0.05, 0.1) is 13.0 Å². The first-order valence-electron chi connectivity index (χ1n) is 6.32. The first-order valence-corrected chi connectivity index (χ1v) is 7.14. The highest BCUT2D eigenvalue weighted by atomic mass is 32.1. The highest BCUT2D eigenvalue weighted by Gasteiger charge is 2.10. The number of nitrogens with zero attached hydrogens (tertiary/aromatic N) is 1. The van der Waals surface area contributed by atoms with Crippen LogP contribution >= 0.6 is 11.3 Å². The molecule has 0 atom stereocenters. The number of aromatic nitrogens is 1. The van der Waals surface area contributed by atoms with Gasteiger partial charge in [0.25, 0.3) is 5.91 Å². The maximum absolute atomic E-state index is 11.9. The van der Waals surface area contributed by atoms with Crippen molar-refractivity contribution in [3.05, 3.63) is 51.5 Å². The lowest BCUT2D eigenvalue weighted by Crippen LogP contribution is -2.30. The van der Waals surface area contributed by atoms with Crippen molar-refractivity contribution < 1.29 is 9.59 Å². The van der Waals surface area contributed by atoms with Crippen molar-refractivity contribution in [3.63, 3.8) is 0 Å². The quantitative estimate of drug-likeness (QED) is 0.918. The molecule has 0 unspecified atom stereocenters. The van der Waals surface area contributed by atoms with E-state index >= 15 is 0 Å².